The molecular formula is C8H16FO. The summed E-state index contributed by atoms with van der Waals surface area (Å²) in [5.41, 5.74) is 0. The van der Waals surface area contributed by atoms with Crippen LogP contribution < -0.4 is 0 Å². The fraction of sp³-hybridized carbons (Fsp3) is 0.875. The van der Waals surface area contributed by atoms with Gasteiger partial charge in [0.25, 0.3) is 0 Å². The van der Waals surface area contributed by atoms with Crippen molar-refractivity contribution in [3.05, 3.63) is 6.61 Å². The highest BCUT2D eigenvalue weighted by Crippen LogP contribution is 2.01. The van der Waals surface area contributed by atoms with E-state index in [1.807, 2.05) is 0 Å². The summed E-state index contributed by atoms with van der Waals surface area (Å²) in [6.45, 7) is 3.69. The molecular weight excluding hydrogens is 131 g/mol. The van der Waals surface area contributed by atoms with E-state index in [9.17, 15) is 4.39 Å². The van der Waals surface area contributed by atoms with Gasteiger partial charge < -0.3 is 4.74 Å². The third-order valence-corrected chi connectivity index (χ3v) is 1.24. The second-order valence-corrected chi connectivity index (χ2v) is 2.22. The van der Waals surface area contributed by atoms with Crippen LogP contribution >= 0.6 is 0 Å². The van der Waals surface area contributed by atoms with Gasteiger partial charge in [-0.3, -0.25) is 0 Å². The molecule has 61 valence electrons. The van der Waals surface area contributed by atoms with Gasteiger partial charge >= 0.3 is 0 Å². The maximum Gasteiger partial charge on any atom is 0.113 e. The number of halogens is 1. The van der Waals surface area contributed by atoms with E-state index in [2.05, 4.69) is 6.92 Å². The van der Waals surface area contributed by atoms with E-state index in [0.717, 1.165) is 12.8 Å². The van der Waals surface area contributed by atoms with Crippen LogP contribution in [0.25, 0.3) is 0 Å². The minimum Gasteiger partial charge on any atom is -0.373 e. The first-order valence-electron chi connectivity index (χ1n) is 3.91. The Morgan fingerprint density at radius 3 is 2.80 bits per heavy atom. The van der Waals surface area contributed by atoms with E-state index >= 15 is 0 Å². The van der Waals surface area contributed by atoms with Crippen molar-refractivity contribution < 1.29 is 9.13 Å². The fourth-order valence-corrected chi connectivity index (χ4v) is 0.689. The van der Waals surface area contributed by atoms with Crippen LogP contribution in [0.3, 0.4) is 0 Å². The third kappa shape index (κ3) is 7.89. The Labute approximate surface area is 62.6 Å². The largest absolute Gasteiger partial charge is 0.373 e. The van der Waals surface area contributed by atoms with Crippen LogP contribution in [0, 0.1) is 6.61 Å². The Kier molecular flexibility index (Phi) is 8.79. The highest BCUT2D eigenvalue weighted by molar-refractivity contribution is 4.50. The molecule has 10 heavy (non-hydrogen) atoms. The van der Waals surface area contributed by atoms with E-state index < -0.39 is 0 Å². The summed E-state index contributed by atoms with van der Waals surface area (Å²) >= 11 is 0. The Balaban J connectivity index is 2.65. The minimum atomic E-state index is -0.385. The monoisotopic (exact) mass is 147 g/mol. The predicted octanol–water partition coefficient (Wildman–Crippen LogP) is 2.71. The fourth-order valence-electron chi connectivity index (χ4n) is 0.689. The Morgan fingerprint density at radius 1 is 1.40 bits per heavy atom. The van der Waals surface area contributed by atoms with Crippen LogP contribution in [0.4, 0.5) is 4.39 Å². The highest BCUT2D eigenvalue weighted by Gasteiger charge is 1.88. The smallest absolute Gasteiger partial charge is 0.113 e. The van der Waals surface area contributed by atoms with Gasteiger partial charge in [-0.2, -0.15) is 0 Å². The molecule has 2 heteroatoms. The van der Waals surface area contributed by atoms with Gasteiger partial charge in [0.15, 0.2) is 0 Å². The predicted molar refractivity (Wildman–Crippen MR) is 40.4 cm³/mol. The highest BCUT2D eigenvalue weighted by atomic mass is 19.1. The Bertz CT molecular complexity index is 49.2. The van der Waals surface area contributed by atoms with Crippen molar-refractivity contribution in [1.29, 1.82) is 0 Å². The molecule has 0 aliphatic heterocycles. The molecule has 0 amide bonds. The molecule has 0 atom stereocenters. The maximum atomic E-state index is 11.4. The van der Waals surface area contributed by atoms with E-state index in [1.54, 1.807) is 6.61 Å². The average molecular weight is 147 g/mol. The molecule has 0 aromatic carbocycles. The number of unbranched alkanes of at least 4 members (excludes halogenated alkanes) is 3. The van der Waals surface area contributed by atoms with Crippen LogP contribution in [0.1, 0.15) is 32.6 Å². The van der Waals surface area contributed by atoms with Crippen molar-refractivity contribution in [3.8, 4) is 0 Å². The topological polar surface area (TPSA) is 9.23 Å². The lowest BCUT2D eigenvalue weighted by atomic mass is 10.2. The molecule has 0 unspecified atom stereocenters. The first-order chi connectivity index (χ1) is 4.91. The van der Waals surface area contributed by atoms with E-state index in [0.29, 0.717) is 0 Å². The van der Waals surface area contributed by atoms with Gasteiger partial charge in [0.05, 0.1) is 13.2 Å². The lowest BCUT2D eigenvalue weighted by molar-refractivity contribution is 0.169. The van der Waals surface area contributed by atoms with Gasteiger partial charge in [-0.15, -0.1) is 0 Å². The first-order valence-corrected chi connectivity index (χ1v) is 3.91. The zero-order valence-electron chi connectivity index (χ0n) is 6.61. The molecule has 0 saturated heterocycles. The van der Waals surface area contributed by atoms with Crippen molar-refractivity contribution in [1.82, 2.24) is 0 Å². The van der Waals surface area contributed by atoms with Gasteiger partial charge in [0.1, 0.15) is 6.67 Å². The number of rotatable bonds is 7. The molecule has 0 rings (SSSR count). The summed E-state index contributed by atoms with van der Waals surface area (Å²) in [7, 11) is 0. The molecule has 0 aliphatic rings. The van der Waals surface area contributed by atoms with Crippen LogP contribution in [0.5, 0.6) is 0 Å². The molecule has 0 aromatic rings. The summed E-state index contributed by atoms with van der Waals surface area (Å²) in [5, 5.41) is 0. The third-order valence-electron chi connectivity index (χ3n) is 1.24. The van der Waals surface area contributed by atoms with Crippen LogP contribution in [-0.4, -0.2) is 13.3 Å². The molecule has 0 N–H and O–H groups in total. The summed E-state index contributed by atoms with van der Waals surface area (Å²) in [5.74, 6) is 0. The zero-order chi connectivity index (χ0) is 7.66. The van der Waals surface area contributed by atoms with Gasteiger partial charge in [-0.05, 0) is 6.42 Å². The summed E-state index contributed by atoms with van der Waals surface area (Å²) < 4.78 is 16.3. The van der Waals surface area contributed by atoms with Crippen LogP contribution in [-0.2, 0) is 4.74 Å². The average Bonchev–Trinajstić information content (AvgIpc) is 1.97. The SMILES string of the molecule is CCCCC[CH]OCCF. The minimum absolute atomic E-state index is 0.214. The second-order valence-electron chi connectivity index (χ2n) is 2.22. The van der Waals surface area contributed by atoms with Crippen molar-refractivity contribution >= 4 is 0 Å². The number of alkyl halides is 1. The standard InChI is InChI=1S/C8H16FO/c1-2-3-4-5-7-10-8-6-9/h7H,2-6,8H2,1H3. The summed E-state index contributed by atoms with van der Waals surface area (Å²) in [6.07, 6.45) is 4.56. The first kappa shape index (κ1) is 9.89. The molecule has 0 fully saturated rings. The normalized spacial score (nSPS) is 10.2. The molecule has 0 aliphatic carbocycles. The van der Waals surface area contributed by atoms with E-state index in [4.69, 9.17) is 4.74 Å². The second kappa shape index (κ2) is 8.89. The van der Waals surface area contributed by atoms with E-state index in [1.165, 1.54) is 12.8 Å². The molecule has 0 spiro atoms. The van der Waals surface area contributed by atoms with Gasteiger partial charge in [-0.1, -0.05) is 26.2 Å². The molecule has 0 saturated carbocycles. The summed E-state index contributed by atoms with van der Waals surface area (Å²) in [6, 6.07) is 0. The van der Waals surface area contributed by atoms with Crippen molar-refractivity contribution in [2.75, 3.05) is 13.3 Å². The Morgan fingerprint density at radius 2 is 2.20 bits per heavy atom. The van der Waals surface area contributed by atoms with Gasteiger partial charge in [0, 0.05) is 0 Å². The Hall–Kier alpha value is -0.110. The quantitative estimate of drug-likeness (QED) is 0.503. The van der Waals surface area contributed by atoms with Gasteiger partial charge in [-0.25, -0.2) is 4.39 Å². The van der Waals surface area contributed by atoms with Crippen LogP contribution in [0.15, 0.2) is 0 Å². The number of hydrogen-bond acceptors (Lipinski definition) is 1. The van der Waals surface area contributed by atoms with Crippen molar-refractivity contribution in [3.63, 3.8) is 0 Å². The maximum absolute atomic E-state index is 11.4. The van der Waals surface area contributed by atoms with Crippen molar-refractivity contribution in [2.45, 2.75) is 32.6 Å². The molecule has 0 aromatic heterocycles. The zero-order valence-corrected chi connectivity index (χ0v) is 6.61. The van der Waals surface area contributed by atoms with Crippen LogP contribution in [0.2, 0.25) is 0 Å². The number of hydrogen-bond donors (Lipinski definition) is 0. The summed E-state index contributed by atoms with van der Waals surface area (Å²) in [4.78, 5) is 0. The molecule has 0 heterocycles. The molecule has 0 bridgehead atoms. The lowest BCUT2D eigenvalue weighted by Crippen LogP contribution is -1.92. The van der Waals surface area contributed by atoms with E-state index in [-0.39, 0.29) is 13.3 Å². The lowest BCUT2D eigenvalue weighted by Gasteiger charge is -1.98. The number of ether oxygens (including phenoxy) is 1. The molecule has 1 radical (unpaired) electrons. The molecule has 1 nitrogen and oxygen atoms in total. The van der Waals surface area contributed by atoms with Crippen molar-refractivity contribution in [2.24, 2.45) is 0 Å². The van der Waals surface area contributed by atoms with Gasteiger partial charge in [0.2, 0.25) is 0 Å².